The summed E-state index contributed by atoms with van der Waals surface area (Å²) in [4.78, 5) is 16.9. The smallest absolute Gasteiger partial charge is 0.322 e. The molecule has 1 aromatic rings. The fourth-order valence-corrected chi connectivity index (χ4v) is 2.55. The highest BCUT2D eigenvalue weighted by Crippen LogP contribution is 2.69. The van der Waals surface area contributed by atoms with Gasteiger partial charge >= 0.3 is 25.1 Å². The van der Waals surface area contributed by atoms with E-state index >= 15 is 0 Å². The quantitative estimate of drug-likeness (QED) is 0.352. The Balaban J connectivity index is 4.12. The van der Waals surface area contributed by atoms with Gasteiger partial charge in [-0.25, -0.2) is 26.3 Å². The predicted octanol–water partition coefficient (Wildman–Crippen LogP) is 3.88. The summed E-state index contributed by atoms with van der Waals surface area (Å²) in [6.07, 6.45) is -7.16. The Hall–Kier alpha value is -1.40. The molecule has 24 heavy (non-hydrogen) atoms. The molecule has 0 aromatic heterocycles. The van der Waals surface area contributed by atoms with Gasteiger partial charge in [-0.2, -0.15) is 22.0 Å². The third-order valence-electron chi connectivity index (χ3n) is 2.71. The van der Waals surface area contributed by atoms with Crippen LogP contribution in [-0.4, -0.2) is 21.9 Å². The van der Waals surface area contributed by atoms with Gasteiger partial charge in [-0.3, -0.25) is 4.57 Å². The van der Waals surface area contributed by atoms with E-state index in [1.807, 2.05) is 0 Å². The van der Waals surface area contributed by atoms with E-state index < -0.39 is 59.8 Å². The number of rotatable bonds is 3. The van der Waals surface area contributed by atoms with E-state index in [9.17, 15) is 52.9 Å². The van der Waals surface area contributed by atoms with Crippen LogP contribution < -0.4 is 0 Å². The Bertz CT molecular complexity index is 695. The second-order valence-electron chi connectivity index (χ2n) is 4.18. The number of hydrogen-bond acceptors (Lipinski definition) is 1. The Morgan fingerprint density at radius 3 is 1.21 bits per heavy atom. The molecule has 2 N–H and O–H groups in total. The summed E-state index contributed by atoms with van der Waals surface area (Å²) in [5.74, 6) is -23.9. The van der Waals surface area contributed by atoms with E-state index in [-0.39, 0.29) is 0 Å². The van der Waals surface area contributed by atoms with Crippen molar-refractivity contribution in [3.63, 3.8) is 0 Å². The molecule has 0 saturated carbocycles. The summed E-state index contributed by atoms with van der Waals surface area (Å²) in [6, 6.07) is 0. The molecule has 0 spiro atoms. The Labute approximate surface area is 123 Å². The molecule has 1 aromatic carbocycles. The summed E-state index contributed by atoms with van der Waals surface area (Å²) in [5.41, 5.74) is -3.64. The first kappa shape index (κ1) is 20.6. The zero-order valence-electron chi connectivity index (χ0n) is 10.4. The van der Waals surface area contributed by atoms with Crippen LogP contribution in [0.5, 0.6) is 0 Å². The first-order valence-corrected chi connectivity index (χ1v) is 6.75. The van der Waals surface area contributed by atoms with Crippen LogP contribution in [0.15, 0.2) is 0 Å². The SMILES string of the molecule is O=P(O)(O)C(F)(c1c(F)c(F)c(F)c(F)c1F)C(F)(F)C(F)(F)F. The Morgan fingerprint density at radius 2 is 0.958 bits per heavy atom. The Kier molecular flexibility index (Phi) is 4.78. The van der Waals surface area contributed by atoms with Gasteiger partial charge in [0.25, 0.3) is 0 Å². The van der Waals surface area contributed by atoms with E-state index in [0.717, 1.165) is 0 Å². The monoisotopic (exact) mass is 398 g/mol. The standard InChI is InChI=1S/C9H2F11O3P/c10-2-1(3(11)5(13)6(14)4(2)12)7(15,24(21,22)23)8(16,17)9(18,19)20/h(H2,21,22,23). The molecular formula is C9H2F11O3P. The van der Waals surface area contributed by atoms with Crippen LogP contribution in [0.1, 0.15) is 5.56 Å². The first-order valence-electron chi connectivity index (χ1n) is 5.13. The molecule has 15 heteroatoms. The van der Waals surface area contributed by atoms with Gasteiger partial charge in [-0.05, 0) is 0 Å². The molecule has 0 aliphatic rings. The molecule has 0 fully saturated rings. The molecule has 0 heterocycles. The van der Waals surface area contributed by atoms with E-state index in [2.05, 4.69) is 0 Å². The predicted molar refractivity (Wildman–Crippen MR) is 52.1 cm³/mol. The molecule has 3 nitrogen and oxygen atoms in total. The summed E-state index contributed by atoms with van der Waals surface area (Å²) in [6.45, 7) is 0. The number of alkyl halides is 6. The third kappa shape index (κ3) is 2.56. The van der Waals surface area contributed by atoms with Crippen molar-refractivity contribution in [3.8, 4) is 0 Å². The minimum atomic E-state index is -7.51. The van der Waals surface area contributed by atoms with Gasteiger partial charge in [0, 0.05) is 0 Å². The molecule has 0 radical (unpaired) electrons. The van der Waals surface area contributed by atoms with Crippen LogP contribution in [0.4, 0.5) is 48.3 Å². The maximum absolute atomic E-state index is 14.1. The second-order valence-corrected chi connectivity index (χ2v) is 5.89. The van der Waals surface area contributed by atoms with Gasteiger partial charge in [0.1, 0.15) is 0 Å². The largest absolute Gasteiger partial charge is 0.457 e. The number of halogens is 11. The molecule has 1 rings (SSSR count). The van der Waals surface area contributed by atoms with Gasteiger partial charge < -0.3 is 9.79 Å². The minimum absolute atomic E-state index is 3.07. The average molecular weight is 398 g/mol. The minimum Gasteiger partial charge on any atom is -0.322 e. The lowest BCUT2D eigenvalue weighted by Crippen LogP contribution is -2.53. The van der Waals surface area contributed by atoms with Crippen LogP contribution in [0, 0.1) is 29.1 Å². The van der Waals surface area contributed by atoms with Crippen molar-refractivity contribution >= 4 is 7.60 Å². The number of benzene rings is 1. The molecule has 0 amide bonds. The topological polar surface area (TPSA) is 57.5 Å². The second kappa shape index (κ2) is 5.56. The van der Waals surface area contributed by atoms with Crippen molar-refractivity contribution in [2.24, 2.45) is 0 Å². The third-order valence-corrected chi connectivity index (χ3v) is 4.02. The average Bonchev–Trinajstić information content (AvgIpc) is 2.40. The maximum Gasteiger partial charge on any atom is 0.457 e. The molecule has 0 aliphatic heterocycles. The van der Waals surface area contributed by atoms with Crippen LogP contribution in [0.3, 0.4) is 0 Å². The van der Waals surface area contributed by atoms with Crippen molar-refractivity contribution in [2.45, 2.75) is 17.5 Å². The van der Waals surface area contributed by atoms with Crippen molar-refractivity contribution in [1.82, 2.24) is 0 Å². The fraction of sp³-hybridized carbons (Fsp3) is 0.333. The highest BCUT2D eigenvalue weighted by Gasteiger charge is 2.80. The first-order chi connectivity index (χ1) is 10.4. The molecule has 0 aliphatic carbocycles. The van der Waals surface area contributed by atoms with Crippen LogP contribution in [0.25, 0.3) is 0 Å². The molecule has 0 bridgehead atoms. The molecule has 0 saturated heterocycles. The van der Waals surface area contributed by atoms with Gasteiger partial charge in [-0.15, -0.1) is 0 Å². The lowest BCUT2D eigenvalue weighted by atomic mass is 10.0. The normalized spacial score (nSPS) is 16.2. The van der Waals surface area contributed by atoms with Crippen LogP contribution in [-0.2, 0) is 9.97 Å². The van der Waals surface area contributed by atoms with Crippen molar-refractivity contribution in [1.29, 1.82) is 0 Å². The highest BCUT2D eigenvalue weighted by atomic mass is 31.2. The maximum atomic E-state index is 14.1. The molecule has 1 atom stereocenters. The molecular weight excluding hydrogens is 396 g/mol. The summed E-state index contributed by atoms with van der Waals surface area (Å²) >= 11 is 0. The van der Waals surface area contributed by atoms with Gasteiger partial charge in [0.05, 0.1) is 5.56 Å². The van der Waals surface area contributed by atoms with Crippen molar-refractivity contribution in [3.05, 3.63) is 34.6 Å². The molecule has 138 valence electrons. The zero-order chi connectivity index (χ0) is 19.5. The lowest BCUT2D eigenvalue weighted by molar-refractivity contribution is -0.317. The van der Waals surface area contributed by atoms with E-state index in [0.29, 0.717) is 0 Å². The van der Waals surface area contributed by atoms with Gasteiger partial charge in [0.2, 0.25) is 5.82 Å². The number of hydrogen-bond donors (Lipinski definition) is 2. The van der Waals surface area contributed by atoms with Crippen LogP contribution >= 0.6 is 7.60 Å². The van der Waals surface area contributed by atoms with Gasteiger partial charge in [-0.1, -0.05) is 0 Å². The van der Waals surface area contributed by atoms with Crippen molar-refractivity contribution < 1.29 is 62.6 Å². The summed E-state index contributed by atoms with van der Waals surface area (Å²) in [7, 11) is -7.51. The summed E-state index contributed by atoms with van der Waals surface area (Å²) in [5, 5.41) is -6.62. The van der Waals surface area contributed by atoms with E-state index in [1.165, 1.54) is 0 Å². The Morgan fingerprint density at radius 1 is 0.667 bits per heavy atom. The summed E-state index contributed by atoms with van der Waals surface area (Å²) < 4.78 is 153. The van der Waals surface area contributed by atoms with Gasteiger partial charge in [0.15, 0.2) is 23.3 Å². The lowest BCUT2D eigenvalue weighted by Gasteiger charge is -2.35. The van der Waals surface area contributed by atoms with E-state index in [1.54, 1.807) is 0 Å². The van der Waals surface area contributed by atoms with Crippen molar-refractivity contribution in [2.75, 3.05) is 0 Å². The fourth-order valence-electron chi connectivity index (χ4n) is 1.57. The molecule has 1 unspecified atom stereocenters. The zero-order valence-corrected chi connectivity index (χ0v) is 11.3. The van der Waals surface area contributed by atoms with Crippen LogP contribution in [0.2, 0.25) is 0 Å². The highest BCUT2D eigenvalue weighted by molar-refractivity contribution is 7.53. The van der Waals surface area contributed by atoms with E-state index in [4.69, 9.17) is 9.79 Å².